The highest BCUT2D eigenvalue weighted by atomic mass is 19.1. The number of benzene rings is 1. The van der Waals surface area contributed by atoms with E-state index in [2.05, 4.69) is 34.0 Å². The largest absolute Gasteiger partial charge is 0.366 e. The maximum atomic E-state index is 13.8. The minimum atomic E-state index is -0.145. The standard InChI is InChI=1S/C16H25FN4/c1-13(2)12-19-16(18-3)21-10-8-20(9-11-21)15-7-5-4-6-14(15)17/h4-7,13H,8-12H2,1-3H3,(H,18,19). The molecule has 0 amide bonds. The Labute approximate surface area is 126 Å². The number of aliphatic imine (C=N–C) groups is 1. The number of halogens is 1. The maximum Gasteiger partial charge on any atom is 0.193 e. The van der Waals surface area contributed by atoms with Crippen LogP contribution < -0.4 is 10.2 Å². The lowest BCUT2D eigenvalue weighted by Crippen LogP contribution is -2.53. The molecule has 0 radical (unpaired) electrons. The van der Waals surface area contributed by atoms with Gasteiger partial charge < -0.3 is 15.1 Å². The molecule has 0 atom stereocenters. The van der Waals surface area contributed by atoms with E-state index in [4.69, 9.17) is 0 Å². The van der Waals surface area contributed by atoms with Gasteiger partial charge in [-0.05, 0) is 18.1 Å². The molecule has 1 aliphatic heterocycles. The van der Waals surface area contributed by atoms with Crippen LogP contribution in [-0.2, 0) is 0 Å². The third-order valence-corrected chi connectivity index (χ3v) is 3.65. The molecule has 2 rings (SSSR count). The van der Waals surface area contributed by atoms with Crippen molar-refractivity contribution in [1.29, 1.82) is 0 Å². The van der Waals surface area contributed by atoms with Gasteiger partial charge >= 0.3 is 0 Å². The second-order valence-corrected chi connectivity index (χ2v) is 5.75. The molecule has 0 unspecified atom stereocenters. The lowest BCUT2D eigenvalue weighted by molar-refractivity contribution is 0.368. The molecule has 4 nitrogen and oxygen atoms in total. The first-order valence-electron chi connectivity index (χ1n) is 7.57. The molecular formula is C16H25FN4. The van der Waals surface area contributed by atoms with E-state index < -0.39 is 0 Å². The predicted octanol–water partition coefficient (Wildman–Crippen LogP) is 2.18. The summed E-state index contributed by atoms with van der Waals surface area (Å²) in [6.07, 6.45) is 0. The van der Waals surface area contributed by atoms with Gasteiger partial charge in [-0.3, -0.25) is 4.99 Å². The molecular weight excluding hydrogens is 267 g/mol. The van der Waals surface area contributed by atoms with Crippen molar-refractivity contribution in [3.05, 3.63) is 30.1 Å². The summed E-state index contributed by atoms with van der Waals surface area (Å²) in [6.45, 7) is 8.60. The second-order valence-electron chi connectivity index (χ2n) is 5.75. The van der Waals surface area contributed by atoms with Crippen LogP contribution in [0.1, 0.15) is 13.8 Å². The summed E-state index contributed by atoms with van der Waals surface area (Å²) in [7, 11) is 1.81. The number of rotatable bonds is 3. The minimum Gasteiger partial charge on any atom is -0.366 e. The molecule has 1 aliphatic rings. The molecule has 0 aliphatic carbocycles. The summed E-state index contributed by atoms with van der Waals surface area (Å²) in [5.41, 5.74) is 0.697. The summed E-state index contributed by atoms with van der Waals surface area (Å²) in [6, 6.07) is 6.97. The van der Waals surface area contributed by atoms with Crippen LogP contribution >= 0.6 is 0 Å². The minimum absolute atomic E-state index is 0.145. The van der Waals surface area contributed by atoms with E-state index in [1.54, 1.807) is 6.07 Å². The number of nitrogens with zero attached hydrogens (tertiary/aromatic N) is 3. The Morgan fingerprint density at radius 1 is 1.24 bits per heavy atom. The van der Waals surface area contributed by atoms with Gasteiger partial charge in [0.2, 0.25) is 0 Å². The molecule has 0 spiro atoms. The highest BCUT2D eigenvalue weighted by Gasteiger charge is 2.21. The zero-order valence-corrected chi connectivity index (χ0v) is 13.1. The first kappa shape index (κ1) is 15.6. The number of piperazine rings is 1. The van der Waals surface area contributed by atoms with Crippen molar-refractivity contribution in [2.24, 2.45) is 10.9 Å². The average Bonchev–Trinajstić information content (AvgIpc) is 2.49. The highest BCUT2D eigenvalue weighted by Crippen LogP contribution is 2.20. The Balaban J connectivity index is 1.92. The molecule has 1 aromatic rings. The van der Waals surface area contributed by atoms with Gasteiger partial charge in [-0.25, -0.2) is 4.39 Å². The Hall–Kier alpha value is -1.78. The summed E-state index contributed by atoms with van der Waals surface area (Å²) < 4.78 is 13.8. The highest BCUT2D eigenvalue weighted by molar-refractivity contribution is 5.80. The fraction of sp³-hybridized carbons (Fsp3) is 0.562. The number of para-hydroxylation sites is 1. The molecule has 1 heterocycles. The van der Waals surface area contributed by atoms with Gasteiger partial charge in [-0.1, -0.05) is 26.0 Å². The normalized spacial score (nSPS) is 16.5. The summed E-state index contributed by atoms with van der Waals surface area (Å²) >= 11 is 0. The summed E-state index contributed by atoms with van der Waals surface area (Å²) in [5.74, 6) is 1.38. The fourth-order valence-corrected chi connectivity index (χ4v) is 2.50. The molecule has 1 saturated heterocycles. The third-order valence-electron chi connectivity index (χ3n) is 3.65. The third kappa shape index (κ3) is 4.09. The molecule has 0 saturated carbocycles. The molecule has 21 heavy (non-hydrogen) atoms. The second kappa shape index (κ2) is 7.29. The quantitative estimate of drug-likeness (QED) is 0.684. The molecule has 1 fully saturated rings. The van der Waals surface area contributed by atoms with Crippen LogP contribution in [0, 0.1) is 11.7 Å². The SMILES string of the molecule is CN=C(NCC(C)C)N1CCN(c2ccccc2F)CC1. The van der Waals surface area contributed by atoms with Crippen LogP contribution in [0.3, 0.4) is 0 Å². The molecule has 0 bridgehead atoms. The molecule has 5 heteroatoms. The first-order valence-corrected chi connectivity index (χ1v) is 7.57. The van der Waals surface area contributed by atoms with Crippen molar-refractivity contribution in [2.45, 2.75) is 13.8 Å². The van der Waals surface area contributed by atoms with Crippen molar-refractivity contribution < 1.29 is 4.39 Å². The van der Waals surface area contributed by atoms with Crippen molar-refractivity contribution in [3.8, 4) is 0 Å². The number of hydrogen-bond donors (Lipinski definition) is 1. The van der Waals surface area contributed by atoms with Crippen LogP contribution in [0.25, 0.3) is 0 Å². The monoisotopic (exact) mass is 292 g/mol. The van der Waals surface area contributed by atoms with Gasteiger partial charge in [0.25, 0.3) is 0 Å². The van der Waals surface area contributed by atoms with Crippen LogP contribution in [0.15, 0.2) is 29.3 Å². The van der Waals surface area contributed by atoms with Crippen LogP contribution in [0.5, 0.6) is 0 Å². The molecule has 0 aromatic heterocycles. The van der Waals surface area contributed by atoms with Gasteiger partial charge in [0.15, 0.2) is 5.96 Å². The van der Waals surface area contributed by atoms with Gasteiger partial charge in [0.05, 0.1) is 5.69 Å². The first-order chi connectivity index (χ1) is 10.1. The van der Waals surface area contributed by atoms with E-state index in [0.29, 0.717) is 11.6 Å². The van der Waals surface area contributed by atoms with E-state index in [1.807, 2.05) is 19.2 Å². The smallest absolute Gasteiger partial charge is 0.193 e. The van der Waals surface area contributed by atoms with Gasteiger partial charge in [-0.15, -0.1) is 0 Å². The maximum absolute atomic E-state index is 13.8. The van der Waals surface area contributed by atoms with Gasteiger partial charge in [-0.2, -0.15) is 0 Å². The van der Waals surface area contributed by atoms with Crippen molar-refractivity contribution in [3.63, 3.8) is 0 Å². The average molecular weight is 292 g/mol. The summed E-state index contributed by atoms with van der Waals surface area (Å²) in [5, 5.41) is 3.39. The van der Waals surface area contributed by atoms with Gasteiger partial charge in [0, 0.05) is 39.8 Å². The van der Waals surface area contributed by atoms with Crippen LogP contribution in [0.2, 0.25) is 0 Å². The Kier molecular flexibility index (Phi) is 5.42. The van der Waals surface area contributed by atoms with Crippen molar-refractivity contribution in [2.75, 3.05) is 44.7 Å². The van der Waals surface area contributed by atoms with E-state index in [0.717, 1.165) is 38.7 Å². The Bertz CT molecular complexity index is 479. The number of anilines is 1. The number of nitrogens with one attached hydrogen (secondary N) is 1. The van der Waals surface area contributed by atoms with Crippen molar-refractivity contribution >= 4 is 11.6 Å². The zero-order valence-electron chi connectivity index (χ0n) is 13.1. The van der Waals surface area contributed by atoms with E-state index >= 15 is 0 Å². The molecule has 1 aromatic carbocycles. The lowest BCUT2D eigenvalue weighted by Gasteiger charge is -2.37. The fourth-order valence-electron chi connectivity index (χ4n) is 2.50. The Morgan fingerprint density at radius 3 is 2.48 bits per heavy atom. The van der Waals surface area contributed by atoms with E-state index in [9.17, 15) is 4.39 Å². The summed E-state index contributed by atoms with van der Waals surface area (Å²) in [4.78, 5) is 8.67. The molecule has 116 valence electrons. The van der Waals surface area contributed by atoms with E-state index in [1.165, 1.54) is 6.07 Å². The van der Waals surface area contributed by atoms with E-state index in [-0.39, 0.29) is 5.82 Å². The Morgan fingerprint density at radius 2 is 1.90 bits per heavy atom. The van der Waals surface area contributed by atoms with Crippen LogP contribution in [0.4, 0.5) is 10.1 Å². The number of guanidine groups is 1. The predicted molar refractivity (Wildman–Crippen MR) is 86.4 cm³/mol. The molecule has 1 N–H and O–H groups in total. The lowest BCUT2D eigenvalue weighted by atomic mass is 10.2. The van der Waals surface area contributed by atoms with Gasteiger partial charge in [0.1, 0.15) is 5.82 Å². The number of hydrogen-bond acceptors (Lipinski definition) is 2. The zero-order chi connectivity index (χ0) is 15.2. The van der Waals surface area contributed by atoms with Crippen molar-refractivity contribution in [1.82, 2.24) is 10.2 Å². The van der Waals surface area contributed by atoms with Crippen LogP contribution in [-0.4, -0.2) is 50.6 Å². The topological polar surface area (TPSA) is 30.9 Å².